The van der Waals surface area contributed by atoms with Crippen molar-refractivity contribution in [3.05, 3.63) is 0 Å². The fourth-order valence-corrected chi connectivity index (χ4v) is 23.4. The van der Waals surface area contributed by atoms with Gasteiger partial charge in [0.25, 0.3) is 0 Å². The Balaban J connectivity index is 1.34. The topological polar surface area (TPSA) is 76.7 Å². The molecule has 32 heavy (non-hydrogen) atoms. The Hall–Kier alpha value is -0.421. The van der Waals surface area contributed by atoms with E-state index in [1.807, 2.05) is 0 Å². The van der Waals surface area contributed by atoms with E-state index in [-0.39, 0.29) is 45.0 Å². The van der Waals surface area contributed by atoms with Gasteiger partial charge in [-0.25, -0.2) is 0 Å². The molecule has 2 saturated heterocycles. The van der Waals surface area contributed by atoms with Gasteiger partial charge in [-0.05, 0) is 0 Å². The van der Waals surface area contributed by atoms with Gasteiger partial charge in [0.05, 0.1) is 0 Å². The molecule has 6 aliphatic rings. The van der Waals surface area contributed by atoms with E-state index in [1.165, 1.54) is 12.8 Å². The van der Waals surface area contributed by atoms with Crippen LogP contribution in [0.2, 0.25) is 9.63 Å². The van der Waals surface area contributed by atoms with E-state index >= 15 is 0 Å². The van der Waals surface area contributed by atoms with Crippen LogP contribution in [0.15, 0.2) is 0 Å². The number of rotatable bonds is 3. The van der Waals surface area contributed by atoms with E-state index in [0.717, 1.165) is 12.8 Å². The summed E-state index contributed by atoms with van der Waals surface area (Å²) in [6.07, 6.45) is 4.29. The van der Waals surface area contributed by atoms with Crippen molar-refractivity contribution in [3.63, 3.8) is 0 Å². The van der Waals surface area contributed by atoms with Crippen LogP contribution >= 0.6 is 0 Å². The molecule has 4 bridgehead atoms. The van der Waals surface area contributed by atoms with Crippen molar-refractivity contribution in [2.24, 2.45) is 33.5 Å². The van der Waals surface area contributed by atoms with Crippen molar-refractivity contribution in [2.45, 2.75) is 88.1 Å². The van der Waals surface area contributed by atoms with Crippen molar-refractivity contribution >= 4 is 38.4 Å². The number of carbonyl (C=O) groups excluding carboxylic acids is 2. The summed E-state index contributed by atoms with van der Waals surface area (Å²) in [6, 6.07) is 0. The van der Waals surface area contributed by atoms with Gasteiger partial charge >= 0.3 is 203 Å². The van der Waals surface area contributed by atoms with E-state index in [0.29, 0.717) is 60.8 Å². The van der Waals surface area contributed by atoms with Crippen LogP contribution in [0.5, 0.6) is 0 Å². The van der Waals surface area contributed by atoms with Crippen molar-refractivity contribution in [2.75, 3.05) is 13.1 Å². The minimum atomic E-state index is -0.368. The molecule has 2 N–H and O–H groups in total. The van der Waals surface area contributed by atoms with Crippen LogP contribution in [-0.4, -0.2) is 62.7 Å². The standard InChI is InChI=1S/C24H36N2O4Se2/c1-19(2)13-7-9-21(19,5)23(11-25-17(27)29-23)15(13)31-32-16-14-8-10-22(6,20(14,3)4)24(16)12-26-18(28)30-24/h13-16H,7-12H2,1-6H3,(H,25,27)(H,26,28)/t13-,14-,15+,16+,21-,22-,23?,24?/m1/s1. The quantitative estimate of drug-likeness (QED) is 0.504. The second kappa shape index (κ2) is 6.22. The fourth-order valence-electron chi connectivity index (χ4n) is 9.15. The van der Waals surface area contributed by atoms with E-state index in [9.17, 15) is 9.59 Å². The molecule has 0 radical (unpaired) electrons. The third-order valence-electron chi connectivity index (χ3n) is 11.9. The molecular formula is C24H36N2O4Se2. The summed E-state index contributed by atoms with van der Waals surface area (Å²) in [7, 11) is 0. The molecule has 2 heterocycles. The maximum atomic E-state index is 12.3. The molecule has 6 nitrogen and oxygen atoms in total. The first-order valence-corrected chi connectivity index (χ1v) is 18.4. The molecular weight excluding hydrogens is 538 g/mol. The third-order valence-corrected chi connectivity index (χ3v) is 21.7. The van der Waals surface area contributed by atoms with Crippen LogP contribution in [0.4, 0.5) is 9.59 Å². The summed E-state index contributed by atoms with van der Waals surface area (Å²) < 4.78 is 12.5. The summed E-state index contributed by atoms with van der Waals surface area (Å²) in [5.74, 6) is 1.20. The Kier molecular flexibility index (Phi) is 4.29. The molecule has 0 aromatic rings. The zero-order valence-electron chi connectivity index (χ0n) is 20.0. The monoisotopic (exact) mass is 576 g/mol. The van der Waals surface area contributed by atoms with Crippen molar-refractivity contribution in [1.29, 1.82) is 0 Å². The van der Waals surface area contributed by atoms with Gasteiger partial charge in [0.1, 0.15) is 0 Å². The number of ether oxygens (including phenoxy) is 2. The SMILES string of the molecule is CC1(C)[C@@H]2CC[C@@]1(C)C1(CNC(=O)O1)[C@H]2[Se][Se][C@H]1[C@H]2CC[C@](C)(C2(C)C)C12CNC(=O)O2. The molecule has 4 saturated carbocycles. The Morgan fingerprint density at radius 1 is 0.719 bits per heavy atom. The van der Waals surface area contributed by atoms with Crippen LogP contribution in [0.1, 0.15) is 67.2 Å². The van der Waals surface area contributed by atoms with Crippen molar-refractivity contribution < 1.29 is 19.1 Å². The summed E-state index contributed by atoms with van der Waals surface area (Å²) in [4.78, 5) is 25.5. The molecule has 0 aromatic carbocycles. The molecule has 2 amide bonds. The van der Waals surface area contributed by atoms with Gasteiger partial charge in [-0.3, -0.25) is 0 Å². The van der Waals surface area contributed by atoms with Crippen molar-refractivity contribution in [1.82, 2.24) is 10.6 Å². The molecule has 6 rings (SSSR count). The predicted octanol–water partition coefficient (Wildman–Crippen LogP) is 3.76. The van der Waals surface area contributed by atoms with Crippen LogP contribution < -0.4 is 10.6 Å². The van der Waals surface area contributed by atoms with E-state index in [4.69, 9.17) is 9.47 Å². The van der Waals surface area contributed by atoms with Gasteiger partial charge in [-0.1, -0.05) is 0 Å². The second-order valence-electron chi connectivity index (χ2n) is 12.7. The first-order valence-electron chi connectivity index (χ1n) is 12.1. The first-order chi connectivity index (χ1) is 14.9. The third kappa shape index (κ3) is 2.13. The predicted molar refractivity (Wildman–Crippen MR) is 123 cm³/mol. The zero-order chi connectivity index (χ0) is 22.9. The van der Waals surface area contributed by atoms with Crippen LogP contribution in [0.3, 0.4) is 0 Å². The minimum absolute atomic E-state index is 0.0192. The van der Waals surface area contributed by atoms with Crippen molar-refractivity contribution in [3.8, 4) is 0 Å². The number of hydrogen-bond donors (Lipinski definition) is 2. The van der Waals surface area contributed by atoms with E-state index in [2.05, 4.69) is 52.2 Å². The van der Waals surface area contributed by atoms with Gasteiger partial charge in [-0.15, -0.1) is 0 Å². The first kappa shape index (κ1) is 22.1. The number of carbonyl (C=O) groups is 2. The molecule has 2 unspecified atom stereocenters. The number of amides is 2. The summed E-state index contributed by atoms with van der Waals surface area (Å²) >= 11 is 0.728. The molecule has 8 atom stereocenters. The molecule has 178 valence electrons. The summed E-state index contributed by atoms with van der Waals surface area (Å²) in [6.45, 7) is 15.7. The summed E-state index contributed by atoms with van der Waals surface area (Å²) in [5.41, 5.74) is -0.363. The average molecular weight is 574 g/mol. The van der Waals surface area contributed by atoms with Gasteiger partial charge in [0.2, 0.25) is 0 Å². The molecule has 8 heteroatoms. The van der Waals surface area contributed by atoms with Gasteiger partial charge in [0, 0.05) is 0 Å². The number of fused-ring (bicyclic) bond motifs is 6. The molecule has 4 aliphatic carbocycles. The maximum absolute atomic E-state index is 12.3. The van der Waals surface area contributed by atoms with Crippen LogP contribution in [0, 0.1) is 33.5 Å². The number of alkyl carbamates (subject to hydrolysis) is 2. The Labute approximate surface area is 202 Å². The number of hydrogen-bond acceptors (Lipinski definition) is 4. The van der Waals surface area contributed by atoms with Gasteiger partial charge in [-0.2, -0.15) is 0 Å². The van der Waals surface area contributed by atoms with Gasteiger partial charge in [0.15, 0.2) is 0 Å². The molecule has 6 fully saturated rings. The van der Waals surface area contributed by atoms with Gasteiger partial charge < -0.3 is 0 Å². The van der Waals surface area contributed by atoms with Crippen LogP contribution in [-0.2, 0) is 9.47 Å². The fraction of sp³-hybridized carbons (Fsp3) is 0.917. The Morgan fingerprint density at radius 2 is 1.09 bits per heavy atom. The zero-order valence-corrected chi connectivity index (χ0v) is 23.4. The summed E-state index contributed by atoms with van der Waals surface area (Å²) in [5, 5.41) is 6.07. The Bertz CT molecular complexity index is 838. The van der Waals surface area contributed by atoms with E-state index in [1.54, 1.807) is 0 Å². The van der Waals surface area contributed by atoms with Crippen LogP contribution in [0.25, 0.3) is 0 Å². The molecule has 0 aromatic heterocycles. The molecule has 2 aliphatic heterocycles. The number of nitrogens with one attached hydrogen (secondary N) is 2. The second-order valence-corrected chi connectivity index (χ2v) is 19.8. The average Bonchev–Trinajstić information content (AvgIpc) is 3.45. The van der Waals surface area contributed by atoms with E-state index < -0.39 is 0 Å². The molecule has 2 spiro atoms. The normalized spacial score (nSPS) is 53.7. The Morgan fingerprint density at radius 3 is 1.41 bits per heavy atom.